The van der Waals surface area contributed by atoms with Crippen LogP contribution < -0.4 is 5.32 Å². The molecule has 4 nitrogen and oxygen atoms in total. The molecule has 0 aromatic carbocycles. The minimum atomic E-state index is 0.501. The van der Waals surface area contributed by atoms with Crippen molar-refractivity contribution in [1.29, 1.82) is 0 Å². The summed E-state index contributed by atoms with van der Waals surface area (Å²) in [6, 6.07) is 0. The van der Waals surface area contributed by atoms with Gasteiger partial charge in [-0.2, -0.15) is 0 Å². The molecule has 21 heavy (non-hydrogen) atoms. The number of rotatable bonds is 7. The van der Waals surface area contributed by atoms with Gasteiger partial charge in [-0.15, -0.1) is 0 Å². The second kappa shape index (κ2) is 8.08. The number of halogens is 1. The van der Waals surface area contributed by atoms with Crippen LogP contribution in [-0.2, 0) is 11.3 Å². The Hall–Kier alpha value is -0.680. The highest BCUT2D eigenvalue weighted by Gasteiger charge is 2.28. The van der Waals surface area contributed by atoms with Gasteiger partial charge in [0, 0.05) is 19.6 Å². The highest BCUT2D eigenvalue weighted by Crippen LogP contribution is 2.39. The first kappa shape index (κ1) is 16.7. The number of hydrogen-bond acceptors (Lipinski definition) is 4. The van der Waals surface area contributed by atoms with Gasteiger partial charge in [-0.05, 0) is 47.5 Å². The van der Waals surface area contributed by atoms with E-state index in [1.54, 1.807) is 7.11 Å². The van der Waals surface area contributed by atoms with Gasteiger partial charge in [-0.1, -0.05) is 20.3 Å². The zero-order valence-corrected chi connectivity index (χ0v) is 14.9. The van der Waals surface area contributed by atoms with Gasteiger partial charge >= 0.3 is 0 Å². The molecule has 1 saturated carbocycles. The summed E-state index contributed by atoms with van der Waals surface area (Å²) in [5.41, 5.74) is 0.945. The molecule has 1 aliphatic rings. The first-order chi connectivity index (χ1) is 10.2. The highest BCUT2D eigenvalue weighted by molar-refractivity contribution is 9.10. The van der Waals surface area contributed by atoms with Crippen LogP contribution in [0.2, 0.25) is 0 Å². The molecule has 2 unspecified atom stereocenters. The number of ether oxygens (including phenoxy) is 1. The first-order valence-electron chi connectivity index (χ1n) is 7.98. The summed E-state index contributed by atoms with van der Waals surface area (Å²) in [5.74, 6) is 3.23. The van der Waals surface area contributed by atoms with Crippen molar-refractivity contribution in [1.82, 2.24) is 9.97 Å². The molecule has 0 amide bonds. The van der Waals surface area contributed by atoms with E-state index in [0.717, 1.165) is 40.7 Å². The topological polar surface area (TPSA) is 47.0 Å². The smallest absolute Gasteiger partial charge is 0.144 e. The maximum Gasteiger partial charge on any atom is 0.144 e. The predicted molar refractivity (Wildman–Crippen MR) is 89.6 cm³/mol. The number of methoxy groups -OCH3 is 1. The van der Waals surface area contributed by atoms with Gasteiger partial charge in [0.05, 0.1) is 16.8 Å². The maximum atomic E-state index is 5.28. The third kappa shape index (κ3) is 4.16. The van der Waals surface area contributed by atoms with Crippen molar-refractivity contribution in [2.45, 2.75) is 58.5 Å². The molecule has 1 aromatic rings. The minimum Gasteiger partial charge on any atom is -0.378 e. The van der Waals surface area contributed by atoms with Crippen LogP contribution in [0.4, 0.5) is 5.82 Å². The SMILES string of the molecule is CCCNc1nc(C2CCC(CC)C2)nc(COC)c1Br. The van der Waals surface area contributed by atoms with Crippen LogP contribution in [0.3, 0.4) is 0 Å². The molecule has 0 bridgehead atoms. The Morgan fingerprint density at radius 1 is 1.29 bits per heavy atom. The van der Waals surface area contributed by atoms with E-state index < -0.39 is 0 Å². The fourth-order valence-electron chi connectivity index (χ4n) is 2.97. The average molecular weight is 356 g/mol. The van der Waals surface area contributed by atoms with Crippen LogP contribution in [0.25, 0.3) is 0 Å². The largest absolute Gasteiger partial charge is 0.378 e. The van der Waals surface area contributed by atoms with E-state index in [0.29, 0.717) is 12.5 Å². The van der Waals surface area contributed by atoms with Crippen molar-refractivity contribution in [2.75, 3.05) is 19.0 Å². The molecule has 118 valence electrons. The Labute approximate surface area is 136 Å². The van der Waals surface area contributed by atoms with E-state index in [4.69, 9.17) is 14.7 Å². The Kier molecular flexibility index (Phi) is 6.42. The van der Waals surface area contributed by atoms with E-state index >= 15 is 0 Å². The molecule has 0 aliphatic heterocycles. The molecule has 0 spiro atoms. The average Bonchev–Trinajstić information content (AvgIpc) is 2.97. The van der Waals surface area contributed by atoms with Crippen LogP contribution in [0, 0.1) is 5.92 Å². The quantitative estimate of drug-likeness (QED) is 0.781. The van der Waals surface area contributed by atoms with Gasteiger partial charge in [0.1, 0.15) is 11.6 Å². The maximum absolute atomic E-state index is 5.28. The Bertz CT molecular complexity index is 467. The monoisotopic (exact) mass is 355 g/mol. The number of nitrogens with one attached hydrogen (secondary N) is 1. The molecule has 2 rings (SSSR count). The molecule has 1 N–H and O–H groups in total. The van der Waals surface area contributed by atoms with Gasteiger partial charge < -0.3 is 10.1 Å². The molecule has 2 atom stereocenters. The summed E-state index contributed by atoms with van der Waals surface area (Å²) < 4.78 is 6.22. The Balaban J connectivity index is 2.25. The van der Waals surface area contributed by atoms with Gasteiger partial charge in [0.15, 0.2) is 0 Å². The first-order valence-corrected chi connectivity index (χ1v) is 8.77. The lowest BCUT2D eigenvalue weighted by atomic mass is 10.0. The van der Waals surface area contributed by atoms with Crippen molar-refractivity contribution in [3.8, 4) is 0 Å². The van der Waals surface area contributed by atoms with Gasteiger partial charge in [0.25, 0.3) is 0 Å². The number of anilines is 1. The van der Waals surface area contributed by atoms with Crippen molar-refractivity contribution in [3.63, 3.8) is 0 Å². The fraction of sp³-hybridized carbons (Fsp3) is 0.750. The fourth-order valence-corrected chi connectivity index (χ4v) is 3.40. The third-order valence-electron chi connectivity index (χ3n) is 4.24. The molecular formula is C16H26BrN3O. The van der Waals surface area contributed by atoms with Crippen LogP contribution in [-0.4, -0.2) is 23.6 Å². The summed E-state index contributed by atoms with van der Waals surface area (Å²) in [4.78, 5) is 9.54. The van der Waals surface area contributed by atoms with Gasteiger partial charge in [0.2, 0.25) is 0 Å². The normalized spacial score (nSPS) is 21.7. The van der Waals surface area contributed by atoms with Crippen molar-refractivity contribution < 1.29 is 4.74 Å². The summed E-state index contributed by atoms with van der Waals surface area (Å²) in [7, 11) is 1.70. The second-order valence-corrected chi connectivity index (χ2v) is 6.63. The molecule has 1 fully saturated rings. The van der Waals surface area contributed by atoms with E-state index in [-0.39, 0.29) is 0 Å². The van der Waals surface area contributed by atoms with Crippen LogP contribution >= 0.6 is 15.9 Å². The van der Waals surface area contributed by atoms with E-state index in [1.807, 2.05) is 0 Å². The Morgan fingerprint density at radius 3 is 2.71 bits per heavy atom. The van der Waals surface area contributed by atoms with Crippen LogP contribution in [0.15, 0.2) is 4.47 Å². The second-order valence-electron chi connectivity index (χ2n) is 5.84. The summed E-state index contributed by atoms with van der Waals surface area (Å²) in [6.07, 6.45) is 6.07. The number of hydrogen-bond donors (Lipinski definition) is 1. The van der Waals surface area contributed by atoms with Crippen LogP contribution in [0.5, 0.6) is 0 Å². The predicted octanol–water partition coefficient (Wildman–Crippen LogP) is 4.50. The van der Waals surface area contributed by atoms with Gasteiger partial charge in [-0.25, -0.2) is 9.97 Å². The molecule has 1 aliphatic carbocycles. The molecular weight excluding hydrogens is 330 g/mol. The number of nitrogens with zero attached hydrogens (tertiary/aromatic N) is 2. The zero-order chi connectivity index (χ0) is 15.2. The summed E-state index contributed by atoms with van der Waals surface area (Å²) in [6.45, 7) is 5.87. The number of aromatic nitrogens is 2. The molecule has 5 heteroatoms. The minimum absolute atomic E-state index is 0.501. The van der Waals surface area contributed by atoms with E-state index in [2.05, 4.69) is 35.1 Å². The lowest BCUT2D eigenvalue weighted by molar-refractivity contribution is 0.180. The van der Waals surface area contributed by atoms with Crippen molar-refractivity contribution >= 4 is 21.7 Å². The molecule has 1 aromatic heterocycles. The van der Waals surface area contributed by atoms with Crippen molar-refractivity contribution in [3.05, 3.63) is 16.0 Å². The Morgan fingerprint density at radius 2 is 2.10 bits per heavy atom. The lowest BCUT2D eigenvalue weighted by Crippen LogP contribution is -2.11. The summed E-state index contributed by atoms with van der Waals surface area (Å²) >= 11 is 3.61. The van der Waals surface area contributed by atoms with Crippen LogP contribution in [0.1, 0.15) is 63.4 Å². The molecule has 0 radical (unpaired) electrons. The molecule has 1 heterocycles. The van der Waals surface area contributed by atoms with Gasteiger partial charge in [-0.3, -0.25) is 0 Å². The van der Waals surface area contributed by atoms with E-state index in [9.17, 15) is 0 Å². The van der Waals surface area contributed by atoms with E-state index in [1.165, 1.54) is 25.7 Å². The summed E-state index contributed by atoms with van der Waals surface area (Å²) in [5, 5.41) is 3.40. The third-order valence-corrected chi connectivity index (χ3v) is 5.08. The van der Waals surface area contributed by atoms with Crippen molar-refractivity contribution in [2.24, 2.45) is 5.92 Å². The lowest BCUT2D eigenvalue weighted by Gasteiger charge is -2.15. The highest BCUT2D eigenvalue weighted by atomic mass is 79.9. The molecule has 0 saturated heterocycles. The zero-order valence-electron chi connectivity index (χ0n) is 13.3. The standard InChI is InChI=1S/C16H26BrN3O/c1-4-8-18-16-14(17)13(10-21-3)19-15(20-16)12-7-6-11(5-2)9-12/h11-12H,4-10H2,1-3H3,(H,18,19,20).